The van der Waals surface area contributed by atoms with Crippen LogP contribution < -0.4 is 17.2 Å². The van der Waals surface area contributed by atoms with Crippen molar-refractivity contribution < 1.29 is 9.59 Å². The Kier molecular flexibility index (Phi) is 11.2. The molecule has 1 aliphatic carbocycles. The van der Waals surface area contributed by atoms with E-state index in [1.54, 1.807) is 0 Å². The number of Topliss-reactive ketones (excluding diaryl/α,β-unsaturated/α-hetero) is 2. The maximum atomic E-state index is 12.6. The van der Waals surface area contributed by atoms with Crippen molar-refractivity contribution in [2.75, 3.05) is 0 Å². The van der Waals surface area contributed by atoms with E-state index in [0.29, 0.717) is 19.3 Å². The van der Waals surface area contributed by atoms with Gasteiger partial charge < -0.3 is 17.2 Å². The van der Waals surface area contributed by atoms with Crippen LogP contribution in [0.5, 0.6) is 0 Å². The van der Waals surface area contributed by atoms with Crippen LogP contribution in [-0.2, 0) is 9.59 Å². The highest BCUT2D eigenvalue weighted by atomic mass is 16.2. The molecule has 0 spiro atoms. The molecule has 0 aromatic rings. The fourth-order valence-electron chi connectivity index (χ4n) is 3.64. The summed E-state index contributed by atoms with van der Waals surface area (Å²) in [6, 6.07) is -1.19. The zero-order valence-corrected chi connectivity index (χ0v) is 16.1. The summed E-state index contributed by atoms with van der Waals surface area (Å²) in [6.07, 6.45) is 12.7. The largest absolute Gasteiger partial charge is 0.328 e. The van der Waals surface area contributed by atoms with Crippen molar-refractivity contribution in [1.29, 1.82) is 0 Å². The summed E-state index contributed by atoms with van der Waals surface area (Å²) >= 11 is 0. The second-order valence-corrected chi connectivity index (χ2v) is 7.75. The van der Waals surface area contributed by atoms with Crippen LogP contribution in [0.1, 0.15) is 90.4 Å². The fraction of sp³-hybridized carbons (Fsp3) is 0.900. The summed E-state index contributed by atoms with van der Waals surface area (Å²) < 4.78 is 0. The first-order chi connectivity index (χ1) is 12.0. The van der Waals surface area contributed by atoms with Crippen LogP contribution in [0.3, 0.4) is 0 Å². The molecule has 1 aliphatic rings. The van der Waals surface area contributed by atoms with Crippen molar-refractivity contribution >= 4 is 11.6 Å². The van der Waals surface area contributed by atoms with Crippen molar-refractivity contribution in [3.63, 3.8) is 0 Å². The Bertz CT molecular complexity index is 374. The standard InChI is InChI=1S/C20H39N3O2/c1-2-3-4-5-6-7-8-9-10-16-19(24)17(22)13-11-15(21)12-14-18(23)20(16)25/h15-18H,2-14,21-23H2,1H3. The zero-order valence-electron chi connectivity index (χ0n) is 16.1. The van der Waals surface area contributed by atoms with Crippen molar-refractivity contribution in [2.24, 2.45) is 23.1 Å². The number of hydrogen-bond donors (Lipinski definition) is 3. The van der Waals surface area contributed by atoms with Gasteiger partial charge in [-0.25, -0.2) is 0 Å². The number of nitrogens with two attached hydrogens (primary N) is 3. The van der Waals surface area contributed by atoms with Gasteiger partial charge in [-0.2, -0.15) is 0 Å². The molecule has 146 valence electrons. The molecule has 0 aliphatic heterocycles. The Morgan fingerprint density at radius 2 is 1.16 bits per heavy atom. The molecular formula is C20H39N3O2. The van der Waals surface area contributed by atoms with E-state index in [0.717, 1.165) is 25.7 Å². The second-order valence-electron chi connectivity index (χ2n) is 7.75. The Balaban J connectivity index is 2.46. The van der Waals surface area contributed by atoms with E-state index in [-0.39, 0.29) is 17.6 Å². The minimum atomic E-state index is -0.612. The van der Waals surface area contributed by atoms with Gasteiger partial charge in [0, 0.05) is 6.04 Å². The van der Waals surface area contributed by atoms with Crippen molar-refractivity contribution in [3.05, 3.63) is 0 Å². The molecule has 5 nitrogen and oxygen atoms in total. The van der Waals surface area contributed by atoms with Crippen molar-refractivity contribution in [3.8, 4) is 0 Å². The topological polar surface area (TPSA) is 112 Å². The third-order valence-electron chi connectivity index (χ3n) is 5.46. The number of unbranched alkanes of at least 4 members (excludes halogenated alkanes) is 7. The number of hydrogen-bond acceptors (Lipinski definition) is 5. The summed E-state index contributed by atoms with van der Waals surface area (Å²) in [5, 5.41) is 0. The minimum absolute atomic E-state index is 0.0260. The van der Waals surface area contributed by atoms with Crippen LogP contribution in [0.4, 0.5) is 0 Å². The summed E-state index contributed by atoms with van der Waals surface area (Å²) in [5.41, 5.74) is 18.1. The molecule has 1 saturated carbocycles. The lowest BCUT2D eigenvalue weighted by Gasteiger charge is -2.25. The molecule has 0 amide bonds. The normalized spacial score (nSPS) is 29.0. The van der Waals surface area contributed by atoms with Gasteiger partial charge in [-0.3, -0.25) is 9.59 Å². The first-order valence-corrected chi connectivity index (χ1v) is 10.3. The number of ketones is 2. The van der Waals surface area contributed by atoms with Crippen molar-refractivity contribution in [2.45, 2.75) is 109 Å². The molecule has 5 heteroatoms. The molecule has 0 bridgehead atoms. The maximum absolute atomic E-state index is 12.6. The van der Waals surface area contributed by atoms with E-state index in [9.17, 15) is 9.59 Å². The highest BCUT2D eigenvalue weighted by Crippen LogP contribution is 2.21. The Morgan fingerprint density at radius 1 is 0.720 bits per heavy atom. The third-order valence-corrected chi connectivity index (χ3v) is 5.46. The molecule has 0 aromatic heterocycles. The minimum Gasteiger partial charge on any atom is -0.328 e. The summed E-state index contributed by atoms with van der Waals surface area (Å²) in [6.45, 7) is 2.22. The van der Waals surface area contributed by atoms with Gasteiger partial charge in [0.2, 0.25) is 0 Å². The van der Waals surface area contributed by atoms with Crippen LogP contribution in [0.2, 0.25) is 0 Å². The van der Waals surface area contributed by atoms with Crippen molar-refractivity contribution in [1.82, 2.24) is 0 Å². The van der Waals surface area contributed by atoms with Gasteiger partial charge in [-0.15, -0.1) is 0 Å². The molecule has 1 rings (SSSR count). The predicted octanol–water partition coefficient (Wildman–Crippen LogP) is 2.83. The Morgan fingerprint density at radius 3 is 1.64 bits per heavy atom. The molecule has 0 radical (unpaired) electrons. The van der Waals surface area contributed by atoms with Gasteiger partial charge in [-0.1, -0.05) is 58.3 Å². The molecule has 2 unspecified atom stereocenters. The van der Waals surface area contributed by atoms with Crippen LogP contribution in [-0.4, -0.2) is 29.7 Å². The van der Waals surface area contributed by atoms with E-state index >= 15 is 0 Å². The second kappa shape index (κ2) is 12.6. The number of rotatable bonds is 9. The van der Waals surface area contributed by atoms with Crippen LogP contribution in [0, 0.1) is 5.92 Å². The maximum Gasteiger partial charge on any atom is 0.160 e. The summed E-state index contributed by atoms with van der Waals surface area (Å²) in [4.78, 5) is 25.2. The average Bonchev–Trinajstić information content (AvgIpc) is 2.61. The molecule has 2 atom stereocenters. The monoisotopic (exact) mass is 353 g/mol. The van der Waals surface area contributed by atoms with Crippen LogP contribution >= 0.6 is 0 Å². The first-order valence-electron chi connectivity index (χ1n) is 10.3. The van der Waals surface area contributed by atoms with Gasteiger partial charge in [0.05, 0.1) is 18.0 Å². The molecule has 0 aromatic carbocycles. The average molecular weight is 354 g/mol. The SMILES string of the molecule is CCCCCCCCCCC1C(=O)C(N)CCC(N)CCC(N)C1=O. The highest BCUT2D eigenvalue weighted by molar-refractivity contribution is 6.06. The van der Waals surface area contributed by atoms with E-state index in [4.69, 9.17) is 17.2 Å². The molecule has 25 heavy (non-hydrogen) atoms. The molecule has 1 fully saturated rings. The van der Waals surface area contributed by atoms with Crippen LogP contribution in [0.25, 0.3) is 0 Å². The lowest BCUT2D eigenvalue weighted by Crippen LogP contribution is -2.46. The van der Waals surface area contributed by atoms with Gasteiger partial charge in [0.15, 0.2) is 11.6 Å². The quantitative estimate of drug-likeness (QED) is 0.436. The Labute approximate surface area is 153 Å². The van der Waals surface area contributed by atoms with E-state index < -0.39 is 18.0 Å². The van der Waals surface area contributed by atoms with E-state index in [2.05, 4.69) is 6.92 Å². The van der Waals surface area contributed by atoms with Gasteiger partial charge >= 0.3 is 0 Å². The number of carbonyl (C=O) groups is 2. The first kappa shape index (κ1) is 22.3. The van der Waals surface area contributed by atoms with E-state index in [1.807, 2.05) is 0 Å². The third kappa shape index (κ3) is 8.43. The Hall–Kier alpha value is -0.780. The van der Waals surface area contributed by atoms with Gasteiger partial charge in [0.1, 0.15) is 0 Å². The lowest BCUT2D eigenvalue weighted by molar-refractivity contribution is -0.135. The van der Waals surface area contributed by atoms with Gasteiger partial charge in [-0.05, 0) is 32.1 Å². The van der Waals surface area contributed by atoms with Crippen LogP contribution in [0.15, 0.2) is 0 Å². The molecule has 6 N–H and O–H groups in total. The smallest absolute Gasteiger partial charge is 0.160 e. The summed E-state index contributed by atoms with van der Waals surface area (Å²) in [5.74, 6) is -0.866. The highest BCUT2D eigenvalue weighted by Gasteiger charge is 2.34. The lowest BCUT2D eigenvalue weighted by atomic mass is 9.82. The van der Waals surface area contributed by atoms with Gasteiger partial charge in [0.25, 0.3) is 0 Å². The van der Waals surface area contributed by atoms with E-state index in [1.165, 1.54) is 38.5 Å². The molecular weight excluding hydrogens is 314 g/mol. The molecule has 0 saturated heterocycles. The fourth-order valence-corrected chi connectivity index (χ4v) is 3.64. The molecule has 0 heterocycles. The predicted molar refractivity (Wildman–Crippen MR) is 103 cm³/mol. The number of carbonyl (C=O) groups excluding carboxylic acids is 2. The summed E-state index contributed by atoms with van der Waals surface area (Å²) in [7, 11) is 0. The zero-order chi connectivity index (χ0) is 18.7.